The normalized spacial score (nSPS) is 10.9. The molecule has 0 radical (unpaired) electrons. The second kappa shape index (κ2) is 6.55. The third-order valence-electron chi connectivity index (χ3n) is 2.86. The summed E-state index contributed by atoms with van der Waals surface area (Å²) in [5.41, 5.74) is 0.941. The number of hydrogen-bond donors (Lipinski definition) is 0. The molecule has 0 atom stereocenters. The van der Waals surface area contributed by atoms with Gasteiger partial charge in [0, 0.05) is 18.1 Å². The first-order valence-electron chi connectivity index (χ1n) is 6.46. The number of carbonyl (C=O) groups is 1. The van der Waals surface area contributed by atoms with Crippen molar-refractivity contribution in [2.24, 2.45) is 0 Å². The lowest BCUT2D eigenvalue weighted by Gasteiger charge is -2.16. The SMILES string of the molecule is CCN(C(=O)CSc1nccs1)c1nc2ccccc2s1. The zero-order valence-electron chi connectivity index (χ0n) is 11.4. The number of thiazole rings is 2. The summed E-state index contributed by atoms with van der Waals surface area (Å²) in [6.07, 6.45) is 1.75. The fourth-order valence-corrected chi connectivity index (χ4v) is 4.44. The molecule has 0 spiro atoms. The zero-order chi connectivity index (χ0) is 14.7. The number of nitrogens with zero attached hydrogens (tertiary/aromatic N) is 3. The molecule has 2 aromatic heterocycles. The summed E-state index contributed by atoms with van der Waals surface area (Å²) in [6, 6.07) is 7.94. The maximum Gasteiger partial charge on any atom is 0.239 e. The van der Waals surface area contributed by atoms with Gasteiger partial charge in [0.05, 0.1) is 16.0 Å². The van der Waals surface area contributed by atoms with Crippen LogP contribution in [0.2, 0.25) is 0 Å². The molecule has 3 aromatic rings. The number of para-hydroxylation sites is 1. The number of amides is 1. The van der Waals surface area contributed by atoms with Gasteiger partial charge in [-0.1, -0.05) is 35.2 Å². The van der Waals surface area contributed by atoms with E-state index in [1.54, 1.807) is 33.8 Å². The van der Waals surface area contributed by atoms with Gasteiger partial charge in [-0.15, -0.1) is 11.3 Å². The van der Waals surface area contributed by atoms with E-state index in [0.717, 1.165) is 19.7 Å². The van der Waals surface area contributed by atoms with Crippen LogP contribution < -0.4 is 4.90 Å². The molecule has 0 N–H and O–H groups in total. The van der Waals surface area contributed by atoms with Crippen molar-refractivity contribution >= 4 is 55.7 Å². The highest BCUT2D eigenvalue weighted by atomic mass is 32.2. The van der Waals surface area contributed by atoms with E-state index in [4.69, 9.17) is 0 Å². The largest absolute Gasteiger partial charge is 0.288 e. The summed E-state index contributed by atoms with van der Waals surface area (Å²) in [6.45, 7) is 2.59. The van der Waals surface area contributed by atoms with Gasteiger partial charge < -0.3 is 0 Å². The number of benzene rings is 1. The molecule has 1 amide bonds. The second-order valence-corrected chi connectivity index (χ2v) is 7.31. The molecule has 0 unspecified atom stereocenters. The van der Waals surface area contributed by atoms with Gasteiger partial charge in [-0.25, -0.2) is 9.97 Å². The fourth-order valence-electron chi connectivity index (χ4n) is 1.88. The van der Waals surface area contributed by atoms with Crippen LogP contribution in [0.3, 0.4) is 0 Å². The number of hydrogen-bond acceptors (Lipinski definition) is 6. The molecule has 1 aromatic carbocycles. The van der Waals surface area contributed by atoms with Gasteiger partial charge in [0.15, 0.2) is 5.13 Å². The van der Waals surface area contributed by atoms with Crippen LogP contribution in [0.15, 0.2) is 40.2 Å². The van der Waals surface area contributed by atoms with Crippen LogP contribution in [0.1, 0.15) is 6.92 Å². The summed E-state index contributed by atoms with van der Waals surface area (Å²) >= 11 is 4.58. The van der Waals surface area contributed by atoms with E-state index in [2.05, 4.69) is 9.97 Å². The van der Waals surface area contributed by atoms with Crippen LogP contribution in [-0.2, 0) is 4.79 Å². The molecule has 21 heavy (non-hydrogen) atoms. The number of fused-ring (bicyclic) bond motifs is 1. The first kappa shape index (κ1) is 14.5. The highest BCUT2D eigenvalue weighted by Gasteiger charge is 2.18. The number of anilines is 1. The lowest BCUT2D eigenvalue weighted by Crippen LogP contribution is -2.31. The maximum absolute atomic E-state index is 12.4. The van der Waals surface area contributed by atoms with Gasteiger partial charge in [-0.05, 0) is 19.1 Å². The van der Waals surface area contributed by atoms with E-state index in [1.807, 2.05) is 36.6 Å². The average Bonchev–Trinajstić information content (AvgIpc) is 3.15. The third kappa shape index (κ3) is 3.25. The average molecular weight is 335 g/mol. The zero-order valence-corrected chi connectivity index (χ0v) is 13.8. The van der Waals surface area contributed by atoms with Crippen molar-refractivity contribution in [3.05, 3.63) is 35.8 Å². The summed E-state index contributed by atoms with van der Waals surface area (Å²) in [7, 11) is 0. The Kier molecular flexibility index (Phi) is 4.52. The van der Waals surface area contributed by atoms with Crippen LogP contribution in [-0.4, -0.2) is 28.2 Å². The number of rotatable bonds is 5. The lowest BCUT2D eigenvalue weighted by molar-refractivity contribution is -0.116. The maximum atomic E-state index is 12.4. The van der Waals surface area contributed by atoms with Crippen LogP contribution in [0.25, 0.3) is 10.2 Å². The minimum atomic E-state index is 0.0664. The topological polar surface area (TPSA) is 46.1 Å². The number of thioether (sulfide) groups is 1. The van der Waals surface area contributed by atoms with Gasteiger partial charge in [0.25, 0.3) is 0 Å². The van der Waals surface area contributed by atoms with Crippen molar-refractivity contribution in [2.45, 2.75) is 11.3 Å². The Morgan fingerprint density at radius 1 is 1.38 bits per heavy atom. The molecule has 7 heteroatoms. The first-order chi connectivity index (χ1) is 10.3. The molecule has 0 aliphatic carbocycles. The van der Waals surface area contributed by atoms with E-state index < -0.39 is 0 Å². The summed E-state index contributed by atoms with van der Waals surface area (Å²) in [5, 5.41) is 2.68. The Hall–Kier alpha value is -1.44. The Balaban J connectivity index is 1.75. The molecule has 2 heterocycles. The molecule has 0 bridgehead atoms. The second-order valence-electron chi connectivity index (χ2n) is 4.19. The summed E-state index contributed by atoms with van der Waals surface area (Å²) in [4.78, 5) is 22.9. The molecule has 0 saturated heterocycles. The van der Waals surface area contributed by atoms with Crippen molar-refractivity contribution in [1.29, 1.82) is 0 Å². The standard InChI is InChI=1S/C14H13N3OS3/c1-2-17(12(18)9-20-14-15-7-8-19-14)13-16-10-5-3-4-6-11(10)21-13/h3-8H,2,9H2,1H3. The van der Waals surface area contributed by atoms with Gasteiger partial charge >= 0.3 is 0 Å². The Bertz CT molecular complexity index is 706. The smallest absolute Gasteiger partial charge is 0.239 e. The van der Waals surface area contributed by atoms with Crippen molar-refractivity contribution in [2.75, 3.05) is 17.2 Å². The molecule has 0 aliphatic heterocycles. The van der Waals surface area contributed by atoms with Crippen molar-refractivity contribution in [3.63, 3.8) is 0 Å². The van der Waals surface area contributed by atoms with E-state index in [1.165, 1.54) is 11.8 Å². The molecule has 4 nitrogen and oxygen atoms in total. The molecule has 3 rings (SSSR count). The van der Waals surface area contributed by atoms with Crippen LogP contribution in [0.5, 0.6) is 0 Å². The van der Waals surface area contributed by atoms with Gasteiger partial charge in [0.2, 0.25) is 5.91 Å². The van der Waals surface area contributed by atoms with Crippen molar-refractivity contribution < 1.29 is 4.79 Å². The van der Waals surface area contributed by atoms with E-state index in [0.29, 0.717) is 12.3 Å². The Labute approximate surface area is 134 Å². The minimum Gasteiger partial charge on any atom is -0.288 e. The monoisotopic (exact) mass is 335 g/mol. The highest BCUT2D eigenvalue weighted by molar-refractivity contribution is 8.01. The summed E-state index contributed by atoms with van der Waals surface area (Å²) < 4.78 is 2.02. The number of carbonyl (C=O) groups excluding carboxylic acids is 1. The predicted octanol–water partition coefficient (Wildman–Crippen LogP) is 3.90. The molecular weight excluding hydrogens is 322 g/mol. The van der Waals surface area contributed by atoms with Crippen LogP contribution in [0, 0.1) is 0 Å². The van der Waals surface area contributed by atoms with Gasteiger partial charge in [-0.2, -0.15) is 0 Å². The van der Waals surface area contributed by atoms with Gasteiger partial charge in [0.1, 0.15) is 4.34 Å². The summed E-state index contributed by atoms with van der Waals surface area (Å²) in [5.74, 6) is 0.453. The Morgan fingerprint density at radius 3 is 2.95 bits per heavy atom. The van der Waals surface area contributed by atoms with Crippen LogP contribution in [0.4, 0.5) is 5.13 Å². The molecule has 0 aliphatic rings. The fraction of sp³-hybridized carbons (Fsp3) is 0.214. The predicted molar refractivity (Wildman–Crippen MR) is 90.5 cm³/mol. The van der Waals surface area contributed by atoms with E-state index in [9.17, 15) is 4.79 Å². The quantitative estimate of drug-likeness (QED) is 0.664. The highest BCUT2D eigenvalue weighted by Crippen LogP contribution is 2.29. The van der Waals surface area contributed by atoms with Gasteiger partial charge in [-0.3, -0.25) is 9.69 Å². The molecule has 0 saturated carbocycles. The van der Waals surface area contributed by atoms with E-state index >= 15 is 0 Å². The molecule has 0 fully saturated rings. The Morgan fingerprint density at radius 2 is 2.24 bits per heavy atom. The van der Waals surface area contributed by atoms with Crippen LogP contribution >= 0.6 is 34.4 Å². The van der Waals surface area contributed by atoms with Crippen molar-refractivity contribution in [1.82, 2.24) is 9.97 Å². The third-order valence-corrected chi connectivity index (χ3v) is 5.87. The lowest BCUT2D eigenvalue weighted by atomic mass is 10.3. The molecule has 108 valence electrons. The van der Waals surface area contributed by atoms with E-state index in [-0.39, 0.29) is 5.91 Å². The molecular formula is C14H13N3OS3. The first-order valence-corrected chi connectivity index (χ1v) is 9.14. The minimum absolute atomic E-state index is 0.0664. The number of aromatic nitrogens is 2. The van der Waals surface area contributed by atoms with Crippen molar-refractivity contribution in [3.8, 4) is 0 Å².